The zero-order valence-electron chi connectivity index (χ0n) is 16.3. The van der Waals surface area contributed by atoms with Crippen LogP contribution in [0.1, 0.15) is 18.9 Å². The highest BCUT2D eigenvalue weighted by Crippen LogP contribution is 2.30. The molecule has 1 aromatic heterocycles. The van der Waals surface area contributed by atoms with Crippen LogP contribution in [0.15, 0.2) is 53.9 Å². The van der Waals surface area contributed by atoms with Crippen LogP contribution < -0.4 is 14.4 Å². The number of aromatic nitrogens is 1. The Bertz CT molecular complexity index is 925. The van der Waals surface area contributed by atoms with E-state index in [1.165, 1.54) is 11.3 Å². The van der Waals surface area contributed by atoms with Gasteiger partial charge in [-0.25, -0.2) is 4.98 Å². The Morgan fingerprint density at radius 1 is 1.07 bits per heavy atom. The topological polar surface area (TPSA) is 51.7 Å². The second-order valence-corrected chi connectivity index (χ2v) is 7.13. The minimum Gasteiger partial charge on any atom is -0.493 e. The summed E-state index contributed by atoms with van der Waals surface area (Å²) in [6.45, 7) is 2.69. The molecule has 28 heavy (non-hydrogen) atoms. The molecule has 0 aliphatic rings. The maximum absolute atomic E-state index is 13.0. The number of amides is 1. The molecule has 1 heterocycles. The number of anilines is 1. The monoisotopic (exact) mass is 396 g/mol. The van der Waals surface area contributed by atoms with Gasteiger partial charge in [0, 0.05) is 17.5 Å². The maximum Gasteiger partial charge on any atom is 0.233 e. The van der Waals surface area contributed by atoms with Crippen molar-refractivity contribution in [1.82, 2.24) is 4.98 Å². The van der Waals surface area contributed by atoms with Gasteiger partial charge >= 0.3 is 0 Å². The lowest BCUT2D eigenvalue weighted by Crippen LogP contribution is -2.32. The highest BCUT2D eigenvalue weighted by Gasteiger charge is 2.20. The molecule has 2 aromatic carbocycles. The molecule has 0 N–H and O–H groups in total. The molecule has 0 aliphatic carbocycles. The summed E-state index contributed by atoms with van der Waals surface area (Å²) >= 11 is 1.49. The van der Waals surface area contributed by atoms with Gasteiger partial charge in [-0.15, -0.1) is 11.3 Å². The molecule has 0 spiro atoms. The standard InChI is InChI=1S/C22H24N2O3S/c1-4-12-24(22-23-18(15-28-22)17-8-6-5-7-9-17)21(25)14-16-10-11-19(26-2)20(13-16)27-3/h5-11,13,15H,4,12,14H2,1-3H3. The number of carbonyl (C=O) groups excluding carboxylic acids is 1. The van der Waals surface area contributed by atoms with E-state index in [4.69, 9.17) is 14.5 Å². The molecule has 146 valence electrons. The smallest absolute Gasteiger partial charge is 0.233 e. The summed E-state index contributed by atoms with van der Waals surface area (Å²) in [7, 11) is 3.19. The first-order valence-corrected chi connectivity index (χ1v) is 10.1. The molecule has 0 unspecified atom stereocenters. The van der Waals surface area contributed by atoms with Crippen LogP contribution in [0.2, 0.25) is 0 Å². The molecule has 0 saturated carbocycles. The van der Waals surface area contributed by atoms with E-state index in [0.29, 0.717) is 18.0 Å². The molecular formula is C22H24N2O3S. The molecule has 0 fully saturated rings. The molecule has 0 radical (unpaired) electrons. The summed E-state index contributed by atoms with van der Waals surface area (Å²) in [5, 5.41) is 2.72. The van der Waals surface area contributed by atoms with E-state index in [1.54, 1.807) is 19.1 Å². The van der Waals surface area contributed by atoms with Crippen LogP contribution in [0.4, 0.5) is 5.13 Å². The van der Waals surface area contributed by atoms with Gasteiger partial charge in [0.1, 0.15) is 0 Å². The molecule has 1 amide bonds. The molecular weight excluding hydrogens is 372 g/mol. The van der Waals surface area contributed by atoms with Gasteiger partial charge in [0.25, 0.3) is 0 Å². The summed E-state index contributed by atoms with van der Waals surface area (Å²) in [4.78, 5) is 19.5. The molecule has 0 saturated heterocycles. The van der Waals surface area contributed by atoms with Gasteiger partial charge in [0.15, 0.2) is 16.6 Å². The van der Waals surface area contributed by atoms with E-state index in [1.807, 2.05) is 53.9 Å². The van der Waals surface area contributed by atoms with E-state index < -0.39 is 0 Å². The van der Waals surface area contributed by atoms with E-state index >= 15 is 0 Å². The summed E-state index contributed by atoms with van der Waals surface area (Å²) in [5.41, 5.74) is 2.82. The van der Waals surface area contributed by atoms with E-state index in [9.17, 15) is 4.79 Å². The van der Waals surface area contributed by atoms with Gasteiger partial charge in [-0.3, -0.25) is 9.69 Å². The number of thiazole rings is 1. The van der Waals surface area contributed by atoms with Crippen LogP contribution in [-0.2, 0) is 11.2 Å². The third-order valence-corrected chi connectivity index (χ3v) is 5.21. The first-order chi connectivity index (χ1) is 13.7. The van der Waals surface area contributed by atoms with Crippen LogP contribution in [0.5, 0.6) is 11.5 Å². The maximum atomic E-state index is 13.0. The lowest BCUT2D eigenvalue weighted by atomic mass is 10.1. The van der Waals surface area contributed by atoms with Gasteiger partial charge in [0.05, 0.1) is 26.3 Å². The average Bonchev–Trinajstić information content (AvgIpc) is 3.22. The highest BCUT2D eigenvalue weighted by atomic mass is 32.1. The summed E-state index contributed by atoms with van der Waals surface area (Å²) < 4.78 is 10.6. The third kappa shape index (κ3) is 4.51. The number of methoxy groups -OCH3 is 2. The first kappa shape index (κ1) is 19.9. The number of ether oxygens (including phenoxy) is 2. The van der Waals surface area contributed by atoms with Gasteiger partial charge in [-0.05, 0) is 24.1 Å². The van der Waals surface area contributed by atoms with Gasteiger partial charge in [-0.1, -0.05) is 43.3 Å². The minimum absolute atomic E-state index is 0.0167. The fraction of sp³-hybridized carbons (Fsp3) is 0.273. The van der Waals surface area contributed by atoms with Gasteiger partial charge in [-0.2, -0.15) is 0 Å². The number of carbonyl (C=O) groups is 1. The summed E-state index contributed by atoms with van der Waals surface area (Å²) in [6.07, 6.45) is 1.14. The van der Waals surface area contributed by atoms with Gasteiger partial charge < -0.3 is 9.47 Å². The van der Waals surface area contributed by atoms with Gasteiger partial charge in [0.2, 0.25) is 5.91 Å². The summed E-state index contributed by atoms with van der Waals surface area (Å²) in [6, 6.07) is 15.6. The molecule has 5 nitrogen and oxygen atoms in total. The van der Waals surface area contributed by atoms with E-state index in [2.05, 4.69) is 6.92 Å². The fourth-order valence-electron chi connectivity index (χ4n) is 2.94. The zero-order valence-corrected chi connectivity index (χ0v) is 17.2. The molecule has 3 aromatic rings. The second-order valence-electron chi connectivity index (χ2n) is 6.29. The predicted octanol–water partition coefficient (Wildman–Crippen LogP) is 4.81. The van der Waals surface area contributed by atoms with Crippen LogP contribution in [0.3, 0.4) is 0 Å². The largest absolute Gasteiger partial charge is 0.493 e. The Kier molecular flexibility index (Phi) is 6.66. The average molecular weight is 397 g/mol. The summed E-state index contributed by atoms with van der Waals surface area (Å²) in [5.74, 6) is 1.29. The van der Waals surface area contributed by atoms with Crippen molar-refractivity contribution in [2.75, 3.05) is 25.7 Å². The van der Waals surface area contributed by atoms with Crippen molar-refractivity contribution in [3.63, 3.8) is 0 Å². The molecule has 0 atom stereocenters. The Hall–Kier alpha value is -2.86. The van der Waals surface area contributed by atoms with Crippen molar-refractivity contribution in [3.8, 4) is 22.8 Å². The van der Waals surface area contributed by atoms with Crippen molar-refractivity contribution in [2.24, 2.45) is 0 Å². The van der Waals surface area contributed by atoms with Crippen LogP contribution in [0, 0.1) is 0 Å². The molecule has 0 bridgehead atoms. The normalized spacial score (nSPS) is 10.5. The minimum atomic E-state index is 0.0167. The van der Waals surface area contributed by atoms with Crippen LogP contribution in [0.25, 0.3) is 11.3 Å². The van der Waals surface area contributed by atoms with E-state index in [-0.39, 0.29) is 12.3 Å². The predicted molar refractivity (Wildman–Crippen MR) is 113 cm³/mol. The SMILES string of the molecule is CCCN(C(=O)Cc1ccc(OC)c(OC)c1)c1nc(-c2ccccc2)cs1. The molecule has 6 heteroatoms. The number of hydrogen-bond donors (Lipinski definition) is 0. The second kappa shape index (κ2) is 9.37. The zero-order chi connectivity index (χ0) is 19.9. The lowest BCUT2D eigenvalue weighted by Gasteiger charge is -2.19. The third-order valence-electron chi connectivity index (χ3n) is 4.34. The molecule has 3 rings (SSSR count). The van der Waals surface area contributed by atoms with E-state index in [0.717, 1.165) is 28.4 Å². The Morgan fingerprint density at radius 2 is 1.82 bits per heavy atom. The van der Waals surface area contributed by atoms with Crippen molar-refractivity contribution in [2.45, 2.75) is 19.8 Å². The fourth-order valence-corrected chi connectivity index (χ4v) is 3.82. The van der Waals surface area contributed by atoms with Crippen molar-refractivity contribution in [3.05, 3.63) is 59.5 Å². The Morgan fingerprint density at radius 3 is 2.50 bits per heavy atom. The Balaban J connectivity index is 1.80. The quantitative estimate of drug-likeness (QED) is 0.548. The highest BCUT2D eigenvalue weighted by molar-refractivity contribution is 7.14. The van der Waals surface area contributed by atoms with Crippen LogP contribution in [-0.4, -0.2) is 31.7 Å². The lowest BCUT2D eigenvalue weighted by molar-refractivity contribution is -0.118. The number of hydrogen-bond acceptors (Lipinski definition) is 5. The molecule has 0 aliphatic heterocycles. The first-order valence-electron chi connectivity index (χ1n) is 9.18. The number of nitrogens with zero attached hydrogens (tertiary/aromatic N) is 2. The van der Waals surface area contributed by atoms with Crippen molar-refractivity contribution >= 4 is 22.4 Å². The van der Waals surface area contributed by atoms with Crippen molar-refractivity contribution < 1.29 is 14.3 Å². The number of rotatable bonds is 8. The number of benzene rings is 2. The van der Waals surface area contributed by atoms with Crippen molar-refractivity contribution in [1.29, 1.82) is 0 Å². The Labute approximate surface area is 169 Å². The van der Waals surface area contributed by atoms with Crippen LogP contribution >= 0.6 is 11.3 Å².